The van der Waals surface area contributed by atoms with Gasteiger partial charge in [-0.15, -0.1) is 0 Å². The van der Waals surface area contributed by atoms with Crippen molar-refractivity contribution in [2.24, 2.45) is 0 Å². The number of ether oxygens (including phenoxy) is 4. The molecule has 0 aliphatic heterocycles. The summed E-state index contributed by atoms with van der Waals surface area (Å²) in [4.78, 5) is 73.0. The van der Waals surface area contributed by atoms with Crippen molar-refractivity contribution in [1.82, 2.24) is 0 Å². The minimum atomic E-state index is -4.98. The van der Waals surface area contributed by atoms with Gasteiger partial charge in [-0.3, -0.25) is 37.3 Å². The van der Waals surface area contributed by atoms with Crippen molar-refractivity contribution in [3.05, 3.63) is 48.6 Å². The van der Waals surface area contributed by atoms with Gasteiger partial charge in [-0.1, -0.05) is 346 Å². The van der Waals surface area contributed by atoms with E-state index in [4.69, 9.17) is 37.0 Å². The molecule has 3 N–H and O–H groups in total. The molecule has 2 unspecified atom stereocenters. The number of aliphatic hydroxyl groups excluding tert-OH is 1. The van der Waals surface area contributed by atoms with Gasteiger partial charge in [0.15, 0.2) is 12.2 Å². The van der Waals surface area contributed by atoms with E-state index in [1.807, 2.05) is 12.2 Å². The van der Waals surface area contributed by atoms with Crippen LogP contribution < -0.4 is 0 Å². The Morgan fingerprint density at radius 3 is 0.790 bits per heavy atom. The van der Waals surface area contributed by atoms with E-state index >= 15 is 0 Å². The number of aliphatic hydroxyl groups is 1. The highest BCUT2D eigenvalue weighted by Crippen LogP contribution is 2.45. The van der Waals surface area contributed by atoms with Gasteiger partial charge in [-0.2, -0.15) is 0 Å². The highest BCUT2D eigenvalue weighted by atomic mass is 31.2. The zero-order valence-corrected chi connectivity index (χ0v) is 65.9. The summed E-state index contributed by atoms with van der Waals surface area (Å²) >= 11 is 0. The lowest BCUT2D eigenvalue weighted by Crippen LogP contribution is -2.30. The topological polar surface area (TPSA) is 237 Å². The normalized spacial score (nSPS) is 14.1. The van der Waals surface area contributed by atoms with E-state index in [-0.39, 0.29) is 25.7 Å². The number of hydrogen-bond acceptors (Lipinski definition) is 15. The molecule has 0 aromatic carbocycles. The van der Waals surface area contributed by atoms with Crippen LogP contribution in [0.1, 0.15) is 387 Å². The Balaban J connectivity index is 5.35. The second-order valence-electron chi connectivity index (χ2n) is 27.7. The van der Waals surface area contributed by atoms with E-state index in [0.29, 0.717) is 32.1 Å². The number of rotatable bonds is 78. The van der Waals surface area contributed by atoms with Gasteiger partial charge in [0.05, 0.1) is 26.4 Å². The fraction of sp³-hybridized carbons (Fsp3) is 0.852. The lowest BCUT2D eigenvalue weighted by atomic mass is 10.0. The van der Waals surface area contributed by atoms with Gasteiger partial charge in [0.2, 0.25) is 0 Å². The van der Waals surface area contributed by atoms with Crippen molar-refractivity contribution in [3.8, 4) is 0 Å². The Kier molecular flexibility index (Phi) is 72.1. The molecule has 0 heterocycles. The highest BCUT2D eigenvalue weighted by molar-refractivity contribution is 7.47. The molecule has 586 valence electrons. The molecule has 0 radical (unpaired) electrons. The molecule has 0 aliphatic rings. The highest BCUT2D eigenvalue weighted by Gasteiger charge is 2.30. The number of phosphoric acid groups is 2. The van der Waals surface area contributed by atoms with Crippen LogP contribution in [0, 0.1) is 0 Å². The van der Waals surface area contributed by atoms with Crippen LogP contribution in [-0.2, 0) is 65.4 Å². The Bertz CT molecular complexity index is 2080. The van der Waals surface area contributed by atoms with E-state index < -0.39 is 97.5 Å². The fourth-order valence-corrected chi connectivity index (χ4v) is 13.1. The fourth-order valence-electron chi connectivity index (χ4n) is 11.6. The maximum absolute atomic E-state index is 13.1. The maximum atomic E-state index is 13.1. The molecule has 0 rings (SSSR count). The SMILES string of the molecule is CCCCC/C=C\C/C=C\C/C=C\C/C=C\CCCC(=O)OC[C@H](COP(=O)(O)OC[C@@H](O)COP(=O)(O)OC[C@@H](COC(=O)CCCCCCCCCCCCCCC)OC(=O)CCCCCCCCCCCCCCCCC)OC(=O)CCCCCCCCCCCCCCCCC. The predicted octanol–water partition coefficient (Wildman–Crippen LogP) is 23.7. The van der Waals surface area contributed by atoms with E-state index in [9.17, 15) is 43.2 Å². The molecular formula is C81H150O17P2. The van der Waals surface area contributed by atoms with Crippen LogP contribution in [0.15, 0.2) is 48.6 Å². The first-order valence-corrected chi connectivity index (χ1v) is 43.9. The van der Waals surface area contributed by atoms with Crippen molar-refractivity contribution in [1.29, 1.82) is 0 Å². The van der Waals surface area contributed by atoms with Gasteiger partial charge in [0.1, 0.15) is 19.3 Å². The second kappa shape index (κ2) is 74.3. The standard InChI is InChI=1S/C81H150O17P2/c1-5-9-13-17-21-25-29-33-36-37-40-42-46-50-54-58-62-66-79(84)92-72-77(98-81(86)68-64-60-56-52-48-44-39-35-31-27-23-19-15-11-7-3)74-96-100(89,90)94-70-75(82)69-93-99(87,88)95-73-76(71-91-78(83)65-61-57-53-49-45-41-32-28-24-20-16-12-8-4)97-80(85)67-63-59-55-51-47-43-38-34-30-26-22-18-14-10-6-2/h21,25,33,36,40,42,50,54,75-77,82H,5-20,22-24,26-32,34-35,37-39,41,43-49,51-53,55-74H2,1-4H3,(H,87,88)(H,89,90)/b25-21-,36-33-,42-40-,54-50-/t75-,76+,77+/m0/s1. The summed E-state index contributed by atoms with van der Waals surface area (Å²) < 4.78 is 68.6. The van der Waals surface area contributed by atoms with Crippen LogP contribution in [0.3, 0.4) is 0 Å². The van der Waals surface area contributed by atoms with Gasteiger partial charge in [-0.05, 0) is 64.2 Å². The minimum Gasteiger partial charge on any atom is -0.462 e. The van der Waals surface area contributed by atoms with Gasteiger partial charge in [-0.25, -0.2) is 9.13 Å². The lowest BCUT2D eigenvalue weighted by Gasteiger charge is -2.21. The molecule has 0 amide bonds. The minimum absolute atomic E-state index is 0.0914. The summed E-state index contributed by atoms with van der Waals surface area (Å²) in [6.45, 7) is 4.89. The zero-order chi connectivity index (χ0) is 73.2. The molecule has 17 nitrogen and oxygen atoms in total. The molecule has 0 fully saturated rings. The smallest absolute Gasteiger partial charge is 0.462 e. The van der Waals surface area contributed by atoms with E-state index in [2.05, 4.69) is 64.2 Å². The van der Waals surface area contributed by atoms with Crippen LogP contribution in [0.4, 0.5) is 0 Å². The lowest BCUT2D eigenvalue weighted by molar-refractivity contribution is -0.161. The number of phosphoric ester groups is 2. The number of carbonyl (C=O) groups excluding carboxylic acids is 4. The number of esters is 4. The van der Waals surface area contributed by atoms with Crippen LogP contribution in [0.2, 0.25) is 0 Å². The molecule has 0 aromatic rings. The Morgan fingerprint density at radius 2 is 0.500 bits per heavy atom. The quantitative estimate of drug-likeness (QED) is 0.0169. The van der Waals surface area contributed by atoms with Crippen molar-refractivity contribution in [2.45, 2.75) is 406 Å². The van der Waals surface area contributed by atoms with Gasteiger partial charge in [0.25, 0.3) is 0 Å². The van der Waals surface area contributed by atoms with Crippen molar-refractivity contribution < 1.29 is 80.2 Å². The molecule has 100 heavy (non-hydrogen) atoms. The van der Waals surface area contributed by atoms with Gasteiger partial charge < -0.3 is 33.8 Å². The zero-order valence-electron chi connectivity index (χ0n) is 64.1. The van der Waals surface area contributed by atoms with Gasteiger partial charge >= 0.3 is 39.5 Å². The second-order valence-corrected chi connectivity index (χ2v) is 30.6. The number of allylic oxidation sites excluding steroid dienone is 8. The van der Waals surface area contributed by atoms with Crippen LogP contribution in [0.5, 0.6) is 0 Å². The molecule has 0 bridgehead atoms. The third-order valence-corrected chi connectivity index (χ3v) is 19.7. The first kappa shape index (κ1) is 97.0. The molecule has 0 aromatic heterocycles. The summed E-state index contributed by atoms with van der Waals surface area (Å²) in [7, 11) is -9.95. The summed E-state index contributed by atoms with van der Waals surface area (Å²) in [6.07, 6.45) is 72.3. The van der Waals surface area contributed by atoms with E-state index in [1.54, 1.807) is 0 Å². The average Bonchev–Trinajstić information content (AvgIpc) is 0.945. The summed E-state index contributed by atoms with van der Waals surface area (Å²) in [5.74, 6) is -2.19. The Labute approximate surface area is 610 Å². The predicted molar refractivity (Wildman–Crippen MR) is 409 cm³/mol. The molecule has 0 saturated carbocycles. The number of carbonyl (C=O) groups is 4. The van der Waals surface area contributed by atoms with Gasteiger partial charge in [0, 0.05) is 25.7 Å². The molecule has 0 spiro atoms. The summed E-state index contributed by atoms with van der Waals surface area (Å²) in [5.41, 5.74) is 0. The third-order valence-electron chi connectivity index (χ3n) is 17.8. The number of unbranched alkanes of at least 4 members (excludes halogenated alkanes) is 44. The largest absolute Gasteiger partial charge is 0.472 e. The Morgan fingerprint density at radius 1 is 0.280 bits per heavy atom. The summed E-state index contributed by atoms with van der Waals surface area (Å²) in [6, 6.07) is 0. The maximum Gasteiger partial charge on any atom is 0.472 e. The molecular weight excluding hydrogens is 1310 g/mol. The number of hydrogen-bond donors (Lipinski definition) is 3. The van der Waals surface area contributed by atoms with Crippen LogP contribution >= 0.6 is 15.6 Å². The van der Waals surface area contributed by atoms with E-state index in [1.165, 1.54) is 205 Å². The molecule has 19 heteroatoms. The van der Waals surface area contributed by atoms with Crippen molar-refractivity contribution >= 4 is 39.5 Å². The molecule has 0 saturated heterocycles. The van der Waals surface area contributed by atoms with E-state index in [0.717, 1.165) is 96.3 Å². The first-order chi connectivity index (χ1) is 48.7. The Hall–Kier alpha value is -2.98. The monoisotopic (exact) mass is 1460 g/mol. The van der Waals surface area contributed by atoms with Crippen molar-refractivity contribution in [2.75, 3.05) is 39.6 Å². The summed E-state index contributed by atoms with van der Waals surface area (Å²) in [5, 5.41) is 10.6. The third kappa shape index (κ3) is 73.3. The molecule has 5 atom stereocenters. The van der Waals surface area contributed by atoms with Crippen LogP contribution in [0.25, 0.3) is 0 Å². The van der Waals surface area contributed by atoms with Crippen molar-refractivity contribution in [3.63, 3.8) is 0 Å². The molecule has 0 aliphatic carbocycles. The van der Waals surface area contributed by atoms with Crippen LogP contribution in [-0.4, -0.2) is 96.7 Å². The average molecular weight is 1460 g/mol. The first-order valence-electron chi connectivity index (χ1n) is 40.9.